The van der Waals surface area contributed by atoms with E-state index in [1.54, 1.807) is 97.1 Å². The number of phenols is 8. The Balaban J connectivity index is 1.44. The van der Waals surface area contributed by atoms with Gasteiger partial charge in [-0.25, -0.2) is 0 Å². The Morgan fingerprint density at radius 2 is 0.745 bits per heavy atom. The molecule has 0 saturated heterocycles. The highest BCUT2D eigenvalue weighted by molar-refractivity contribution is 5.69. The Hall–Kier alpha value is -6.48. The van der Waals surface area contributed by atoms with Gasteiger partial charge in [-0.3, -0.25) is 0 Å². The molecule has 3 aliphatic rings. The van der Waals surface area contributed by atoms with Crippen LogP contribution >= 0.6 is 0 Å². The van der Waals surface area contributed by atoms with Crippen molar-refractivity contribution in [2.45, 2.75) is 35.7 Å². The van der Waals surface area contributed by atoms with Gasteiger partial charge in [-0.05, 0) is 88.0 Å². The smallest absolute Gasteiger partial charge is 0.135 e. The second-order valence-corrected chi connectivity index (χ2v) is 13.7. The minimum Gasteiger partial charge on any atom is -0.508 e. The average molecular weight is 681 g/mol. The molecule has 9 nitrogen and oxygen atoms in total. The van der Waals surface area contributed by atoms with E-state index in [1.165, 1.54) is 12.1 Å². The maximum Gasteiger partial charge on any atom is 0.135 e. The summed E-state index contributed by atoms with van der Waals surface area (Å²) in [5.74, 6) is -3.24. The fourth-order valence-corrected chi connectivity index (χ4v) is 9.07. The summed E-state index contributed by atoms with van der Waals surface area (Å²) in [4.78, 5) is 0. The lowest BCUT2D eigenvalue weighted by atomic mass is 9.63. The molecule has 0 saturated carbocycles. The number of hydrogen-bond donors (Lipinski definition) is 8. The molecule has 6 aromatic carbocycles. The molecule has 9 heteroatoms. The predicted octanol–water partition coefficient (Wildman–Crippen LogP) is 7.76. The molecular formula is C42H32O9. The van der Waals surface area contributed by atoms with E-state index in [0.717, 1.165) is 11.1 Å². The zero-order valence-corrected chi connectivity index (χ0v) is 26.8. The second kappa shape index (κ2) is 11.0. The maximum atomic E-state index is 12.0. The summed E-state index contributed by atoms with van der Waals surface area (Å²) in [7, 11) is 0. The third kappa shape index (κ3) is 4.61. The van der Waals surface area contributed by atoms with Crippen molar-refractivity contribution >= 4 is 0 Å². The van der Waals surface area contributed by atoms with Crippen LogP contribution in [0.2, 0.25) is 0 Å². The SMILES string of the molecule is Oc1ccc([C@@H]2c3c(O)cc(O)cc3[C@H]3[C@H](c4ccc(O)cc4)c4c(O)cc(O)cc4[C@@H]4c5c(cc(O)cc5[C@H]23)O[C@H]4c2ccc(O)cc2)cc1. The zero-order valence-electron chi connectivity index (χ0n) is 26.8. The number of hydrogen-bond acceptors (Lipinski definition) is 9. The van der Waals surface area contributed by atoms with Gasteiger partial charge in [0.25, 0.3) is 0 Å². The van der Waals surface area contributed by atoms with Gasteiger partial charge in [-0.15, -0.1) is 0 Å². The van der Waals surface area contributed by atoms with Crippen molar-refractivity contribution in [1.29, 1.82) is 0 Å². The van der Waals surface area contributed by atoms with Crippen molar-refractivity contribution in [3.63, 3.8) is 0 Å². The van der Waals surface area contributed by atoms with E-state index >= 15 is 0 Å². The van der Waals surface area contributed by atoms with Crippen molar-refractivity contribution in [3.8, 4) is 51.7 Å². The van der Waals surface area contributed by atoms with Crippen LogP contribution in [-0.4, -0.2) is 40.9 Å². The summed E-state index contributed by atoms with van der Waals surface area (Å²) in [5, 5.41) is 87.9. The molecule has 1 heterocycles. The van der Waals surface area contributed by atoms with E-state index in [9.17, 15) is 40.9 Å². The first-order chi connectivity index (χ1) is 24.6. The average Bonchev–Trinajstić information content (AvgIpc) is 3.62. The van der Waals surface area contributed by atoms with Crippen LogP contribution in [-0.2, 0) is 0 Å². The highest BCUT2D eigenvalue weighted by Crippen LogP contribution is 2.69. The topological polar surface area (TPSA) is 171 Å². The minimum absolute atomic E-state index is 0.0388. The van der Waals surface area contributed by atoms with Gasteiger partial charge >= 0.3 is 0 Å². The van der Waals surface area contributed by atoms with E-state index < -0.39 is 35.7 Å². The van der Waals surface area contributed by atoms with Crippen molar-refractivity contribution < 1.29 is 45.6 Å². The van der Waals surface area contributed by atoms with Crippen molar-refractivity contribution in [3.05, 3.63) is 159 Å². The summed E-state index contributed by atoms with van der Waals surface area (Å²) in [6.07, 6.45) is -0.716. The number of ether oxygens (including phenoxy) is 1. The monoisotopic (exact) mass is 680 g/mol. The molecule has 51 heavy (non-hydrogen) atoms. The van der Waals surface area contributed by atoms with Crippen LogP contribution in [0.1, 0.15) is 85.8 Å². The fraction of sp³-hybridized carbons (Fsp3) is 0.143. The van der Waals surface area contributed by atoms with Gasteiger partial charge in [-0.1, -0.05) is 36.4 Å². The van der Waals surface area contributed by atoms with Gasteiger partial charge in [0, 0.05) is 58.6 Å². The molecule has 0 unspecified atom stereocenters. The van der Waals surface area contributed by atoms with E-state index in [0.29, 0.717) is 44.7 Å². The van der Waals surface area contributed by atoms with Crippen LogP contribution < -0.4 is 4.74 Å². The van der Waals surface area contributed by atoms with Gasteiger partial charge in [-0.2, -0.15) is 0 Å². The molecule has 6 atom stereocenters. The van der Waals surface area contributed by atoms with Crippen LogP contribution in [0.3, 0.4) is 0 Å². The Labute approximate surface area is 291 Å². The molecule has 0 bridgehead atoms. The third-order valence-corrected chi connectivity index (χ3v) is 10.9. The molecule has 2 aliphatic carbocycles. The number of benzene rings is 6. The molecule has 6 aromatic rings. The molecule has 0 fully saturated rings. The molecular weight excluding hydrogens is 648 g/mol. The predicted molar refractivity (Wildman–Crippen MR) is 186 cm³/mol. The Morgan fingerprint density at radius 1 is 0.353 bits per heavy atom. The summed E-state index contributed by atoms with van der Waals surface area (Å²) in [6, 6.07) is 29.0. The lowest BCUT2D eigenvalue weighted by Gasteiger charge is -2.39. The van der Waals surface area contributed by atoms with Crippen molar-refractivity contribution in [1.82, 2.24) is 0 Å². The summed E-state index contributed by atoms with van der Waals surface area (Å²) in [6.45, 7) is 0. The number of phenolic OH excluding ortho intramolecular Hbond substituents is 8. The molecule has 0 aromatic heterocycles. The van der Waals surface area contributed by atoms with Crippen LogP contribution in [0.4, 0.5) is 0 Å². The summed E-state index contributed by atoms with van der Waals surface area (Å²) in [5.41, 5.74) is 5.78. The molecule has 254 valence electrons. The zero-order chi connectivity index (χ0) is 35.3. The van der Waals surface area contributed by atoms with Crippen molar-refractivity contribution in [2.24, 2.45) is 0 Å². The quantitative estimate of drug-likeness (QED) is 0.0931. The van der Waals surface area contributed by atoms with Gasteiger partial charge in [0.2, 0.25) is 0 Å². The highest BCUT2D eigenvalue weighted by Gasteiger charge is 2.54. The van der Waals surface area contributed by atoms with Crippen LogP contribution in [0.15, 0.2) is 109 Å². The summed E-state index contributed by atoms with van der Waals surface area (Å²) < 4.78 is 6.71. The van der Waals surface area contributed by atoms with E-state index in [2.05, 4.69) is 0 Å². The Morgan fingerprint density at radius 3 is 1.24 bits per heavy atom. The number of rotatable bonds is 3. The van der Waals surface area contributed by atoms with E-state index in [-0.39, 0.29) is 46.0 Å². The third-order valence-electron chi connectivity index (χ3n) is 10.9. The van der Waals surface area contributed by atoms with E-state index in [1.807, 2.05) is 0 Å². The largest absolute Gasteiger partial charge is 0.508 e. The van der Waals surface area contributed by atoms with Crippen molar-refractivity contribution in [2.75, 3.05) is 0 Å². The second-order valence-electron chi connectivity index (χ2n) is 13.7. The van der Waals surface area contributed by atoms with Crippen LogP contribution in [0, 0.1) is 0 Å². The molecule has 8 N–H and O–H groups in total. The van der Waals surface area contributed by atoms with Gasteiger partial charge < -0.3 is 45.6 Å². The van der Waals surface area contributed by atoms with Crippen LogP contribution in [0.25, 0.3) is 0 Å². The summed E-state index contributed by atoms with van der Waals surface area (Å²) >= 11 is 0. The lowest BCUT2D eigenvalue weighted by molar-refractivity contribution is 0.220. The molecule has 0 radical (unpaired) electrons. The van der Waals surface area contributed by atoms with E-state index in [4.69, 9.17) is 4.74 Å². The van der Waals surface area contributed by atoms with Gasteiger partial charge in [0.15, 0.2) is 0 Å². The minimum atomic E-state index is -0.716. The highest BCUT2D eigenvalue weighted by atomic mass is 16.5. The normalized spacial score (nSPS) is 22.5. The Bertz CT molecular complexity index is 2350. The van der Waals surface area contributed by atoms with Crippen LogP contribution in [0.5, 0.6) is 51.7 Å². The Kier molecular flexibility index (Phi) is 6.60. The number of aromatic hydroxyl groups is 8. The molecule has 0 amide bonds. The first-order valence-corrected chi connectivity index (χ1v) is 16.6. The molecule has 0 spiro atoms. The first kappa shape index (κ1) is 30.6. The molecule has 9 rings (SSSR count). The van der Waals surface area contributed by atoms with Gasteiger partial charge in [0.1, 0.15) is 57.8 Å². The van der Waals surface area contributed by atoms with Gasteiger partial charge in [0.05, 0.1) is 5.92 Å². The number of fused-ring (bicyclic) bond motifs is 6. The lowest BCUT2D eigenvalue weighted by Crippen LogP contribution is -2.26. The molecule has 1 aliphatic heterocycles. The maximum absolute atomic E-state index is 12.0. The fourth-order valence-electron chi connectivity index (χ4n) is 9.07. The first-order valence-electron chi connectivity index (χ1n) is 16.6. The standard InChI is InChI=1S/C42H32O9/c43-22-7-1-19(2-8-22)34-36-28(13-25(46)16-31(36)49)39-35(20-3-9-23(44)10-4-20)37-29(14-26(47)17-32(37)50)41-38-30(40(34)39)15-27(48)18-33(38)51-42(41)21-5-11-24(45)12-6-21/h1-18,34-35,39-50H/t34-,35-,39+,40-,41-,42+/m1/s1.